The van der Waals surface area contributed by atoms with Gasteiger partial charge in [0.05, 0.1) is 12.2 Å². The molecule has 0 saturated heterocycles. The molecule has 0 spiro atoms. The summed E-state index contributed by atoms with van der Waals surface area (Å²) in [5, 5.41) is 3.55. The third-order valence-electron chi connectivity index (χ3n) is 3.35. The van der Waals surface area contributed by atoms with Crippen molar-refractivity contribution in [3.63, 3.8) is 0 Å². The smallest absolute Gasteiger partial charge is 0.229 e. The molecule has 2 heterocycles. The lowest BCUT2D eigenvalue weighted by Crippen LogP contribution is -2.33. The van der Waals surface area contributed by atoms with Gasteiger partial charge in [0.2, 0.25) is 11.8 Å². The van der Waals surface area contributed by atoms with Crippen molar-refractivity contribution in [1.29, 1.82) is 0 Å². The number of rotatable bonds is 2. The van der Waals surface area contributed by atoms with E-state index in [1.165, 1.54) is 11.3 Å². The molecule has 0 atom stereocenters. The van der Waals surface area contributed by atoms with Gasteiger partial charge in [-0.3, -0.25) is 9.59 Å². The third kappa shape index (κ3) is 2.25. The molecule has 1 aliphatic carbocycles. The van der Waals surface area contributed by atoms with Crippen LogP contribution in [0.3, 0.4) is 0 Å². The van der Waals surface area contributed by atoms with E-state index in [4.69, 9.17) is 0 Å². The first kappa shape index (κ1) is 11.6. The Morgan fingerprint density at radius 2 is 2.22 bits per heavy atom. The summed E-state index contributed by atoms with van der Waals surface area (Å²) < 4.78 is 0. The van der Waals surface area contributed by atoms with Gasteiger partial charge in [0.25, 0.3) is 0 Å². The Morgan fingerprint density at radius 3 is 2.89 bits per heavy atom. The average molecular weight is 265 g/mol. The van der Waals surface area contributed by atoms with E-state index in [1.807, 2.05) is 4.90 Å². The molecule has 2 aliphatic rings. The van der Waals surface area contributed by atoms with Gasteiger partial charge >= 0.3 is 0 Å². The number of nitrogens with one attached hydrogen (secondary N) is 1. The maximum absolute atomic E-state index is 11.7. The fraction of sp³-hybridized carbons (Fsp3) is 0.583. The lowest BCUT2D eigenvalue weighted by molar-refractivity contribution is -0.129. The second-order valence-electron chi connectivity index (χ2n) is 4.84. The monoisotopic (exact) mass is 265 g/mol. The molecule has 6 heteroatoms. The highest BCUT2D eigenvalue weighted by atomic mass is 32.1. The van der Waals surface area contributed by atoms with Crippen molar-refractivity contribution in [3.8, 4) is 0 Å². The summed E-state index contributed by atoms with van der Waals surface area (Å²) in [6, 6.07) is 0. The number of aromatic nitrogens is 1. The molecule has 2 amide bonds. The van der Waals surface area contributed by atoms with Gasteiger partial charge in [-0.25, -0.2) is 4.98 Å². The van der Waals surface area contributed by atoms with Crippen LogP contribution in [0.1, 0.15) is 30.3 Å². The number of carbonyl (C=O) groups is 2. The van der Waals surface area contributed by atoms with E-state index in [9.17, 15) is 9.59 Å². The normalized spacial score (nSPS) is 18.4. The Bertz CT molecular complexity index is 507. The molecule has 1 saturated carbocycles. The number of hydrogen-bond donors (Lipinski definition) is 1. The molecular formula is C12H15N3O2S. The van der Waals surface area contributed by atoms with Crippen molar-refractivity contribution in [2.45, 2.75) is 32.7 Å². The molecular weight excluding hydrogens is 250 g/mol. The lowest BCUT2D eigenvalue weighted by Gasteiger charge is -2.24. The van der Waals surface area contributed by atoms with Crippen molar-refractivity contribution in [1.82, 2.24) is 9.88 Å². The molecule has 18 heavy (non-hydrogen) atoms. The van der Waals surface area contributed by atoms with Gasteiger partial charge in [-0.2, -0.15) is 0 Å². The summed E-state index contributed by atoms with van der Waals surface area (Å²) in [5.74, 6) is 0.377. The predicted octanol–water partition coefficient (Wildman–Crippen LogP) is 1.40. The van der Waals surface area contributed by atoms with Gasteiger partial charge in [-0.15, -0.1) is 0 Å². The number of nitrogens with zero attached hydrogens (tertiary/aromatic N) is 2. The Balaban J connectivity index is 1.72. The Morgan fingerprint density at radius 1 is 1.44 bits per heavy atom. The van der Waals surface area contributed by atoms with E-state index < -0.39 is 0 Å². The van der Waals surface area contributed by atoms with E-state index in [0.29, 0.717) is 11.7 Å². The van der Waals surface area contributed by atoms with E-state index in [1.54, 1.807) is 6.92 Å². The fourth-order valence-electron chi connectivity index (χ4n) is 2.07. The van der Waals surface area contributed by atoms with Crippen LogP contribution >= 0.6 is 11.3 Å². The maximum atomic E-state index is 11.7. The van der Waals surface area contributed by atoms with Crippen LogP contribution in [0, 0.1) is 5.92 Å². The quantitative estimate of drug-likeness (QED) is 0.879. The zero-order valence-electron chi connectivity index (χ0n) is 10.2. The van der Waals surface area contributed by atoms with Gasteiger partial charge in [-0.1, -0.05) is 11.3 Å². The standard InChI is InChI=1S/C12H15N3O2S/c1-7(16)15-5-4-9-10(6-15)18-12(13-9)14-11(17)8-2-3-8/h8H,2-6H2,1H3,(H,13,14,17). The first-order chi connectivity index (χ1) is 8.63. The summed E-state index contributed by atoms with van der Waals surface area (Å²) in [6.07, 6.45) is 2.77. The zero-order valence-corrected chi connectivity index (χ0v) is 11.0. The minimum atomic E-state index is 0.0875. The highest BCUT2D eigenvalue weighted by Crippen LogP contribution is 2.32. The summed E-state index contributed by atoms with van der Waals surface area (Å²) >= 11 is 1.49. The molecule has 0 bridgehead atoms. The van der Waals surface area contributed by atoms with E-state index in [-0.39, 0.29) is 17.7 Å². The molecule has 5 nitrogen and oxygen atoms in total. The van der Waals surface area contributed by atoms with Crippen LogP contribution in [0.5, 0.6) is 0 Å². The van der Waals surface area contributed by atoms with Crippen LogP contribution in [0.15, 0.2) is 0 Å². The van der Waals surface area contributed by atoms with Gasteiger partial charge in [0.15, 0.2) is 5.13 Å². The number of hydrogen-bond acceptors (Lipinski definition) is 4. The Hall–Kier alpha value is -1.43. The minimum Gasteiger partial charge on any atom is -0.337 e. The molecule has 3 rings (SSSR count). The van der Waals surface area contributed by atoms with Crippen molar-refractivity contribution < 1.29 is 9.59 Å². The van der Waals surface area contributed by atoms with Crippen LogP contribution < -0.4 is 5.32 Å². The van der Waals surface area contributed by atoms with Crippen LogP contribution in [0.2, 0.25) is 0 Å². The maximum Gasteiger partial charge on any atom is 0.229 e. The highest BCUT2D eigenvalue weighted by molar-refractivity contribution is 7.15. The van der Waals surface area contributed by atoms with Crippen molar-refractivity contribution in [3.05, 3.63) is 10.6 Å². The zero-order chi connectivity index (χ0) is 12.7. The van der Waals surface area contributed by atoms with Crippen LogP contribution in [0.4, 0.5) is 5.13 Å². The molecule has 1 fully saturated rings. The summed E-state index contributed by atoms with van der Waals surface area (Å²) in [6.45, 7) is 2.94. The average Bonchev–Trinajstić information content (AvgIpc) is 3.09. The highest BCUT2D eigenvalue weighted by Gasteiger charge is 2.30. The molecule has 1 aromatic rings. The first-order valence-electron chi connectivity index (χ1n) is 6.18. The van der Waals surface area contributed by atoms with Crippen molar-refractivity contribution >= 4 is 28.3 Å². The molecule has 0 radical (unpaired) electrons. The minimum absolute atomic E-state index is 0.0875. The van der Waals surface area contributed by atoms with Crippen LogP contribution in [-0.4, -0.2) is 28.2 Å². The van der Waals surface area contributed by atoms with E-state index >= 15 is 0 Å². The molecule has 1 aromatic heterocycles. The van der Waals surface area contributed by atoms with Gasteiger partial charge in [0, 0.05) is 30.7 Å². The predicted molar refractivity (Wildman–Crippen MR) is 68.3 cm³/mol. The molecule has 96 valence electrons. The Labute approximate surface area is 109 Å². The third-order valence-corrected chi connectivity index (χ3v) is 4.35. The summed E-state index contributed by atoms with van der Waals surface area (Å²) in [4.78, 5) is 30.3. The number of amides is 2. The fourth-order valence-corrected chi connectivity index (χ4v) is 3.10. The number of fused-ring (bicyclic) bond motifs is 1. The molecule has 0 unspecified atom stereocenters. The largest absolute Gasteiger partial charge is 0.337 e. The van der Waals surface area contributed by atoms with E-state index in [0.717, 1.165) is 36.4 Å². The summed E-state index contributed by atoms with van der Waals surface area (Å²) in [5.41, 5.74) is 1.03. The van der Waals surface area contributed by atoms with E-state index in [2.05, 4.69) is 10.3 Å². The van der Waals surface area contributed by atoms with Crippen LogP contribution in [0.25, 0.3) is 0 Å². The number of thiazole rings is 1. The topological polar surface area (TPSA) is 62.3 Å². The van der Waals surface area contributed by atoms with Crippen molar-refractivity contribution in [2.75, 3.05) is 11.9 Å². The first-order valence-corrected chi connectivity index (χ1v) is 7.00. The van der Waals surface area contributed by atoms with Gasteiger partial charge < -0.3 is 10.2 Å². The van der Waals surface area contributed by atoms with Gasteiger partial charge in [-0.05, 0) is 12.8 Å². The number of carbonyl (C=O) groups excluding carboxylic acids is 2. The lowest BCUT2D eigenvalue weighted by atomic mass is 10.2. The second kappa shape index (κ2) is 4.35. The number of anilines is 1. The molecule has 1 N–H and O–H groups in total. The molecule has 0 aromatic carbocycles. The van der Waals surface area contributed by atoms with Crippen LogP contribution in [-0.2, 0) is 22.6 Å². The van der Waals surface area contributed by atoms with Crippen molar-refractivity contribution in [2.24, 2.45) is 5.92 Å². The molecule has 1 aliphatic heterocycles. The second-order valence-corrected chi connectivity index (χ2v) is 5.93. The Kier molecular flexibility index (Phi) is 2.81. The SMILES string of the molecule is CC(=O)N1CCc2nc(NC(=O)C3CC3)sc2C1. The summed E-state index contributed by atoms with van der Waals surface area (Å²) in [7, 11) is 0. The van der Waals surface area contributed by atoms with Gasteiger partial charge in [0.1, 0.15) is 0 Å².